The van der Waals surface area contributed by atoms with E-state index in [0.29, 0.717) is 5.69 Å². The average Bonchev–Trinajstić information content (AvgIpc) is 3.11. The second-order valence-electron chi connectivity index (χ2n) is 11.4. The van der Waals surface area contributed by atoms with E-state index in [1.54, 1.807) is 12.3 Å². The summed E-state index contributed by atoms with van der Waals surface area (Å²) in [6, 6.07) is 9.55. The first kappa shape index (κ1) is 45.5. The van der Waals surface area contributed by atoms with Crippen LogP contribution in [0, 0.1) is 20.2 Å². The summed E-state index contributed by atoms with van der Waals surface area (Å²) >= 11 is 7.67. The van der Waals surface area contributed by atoms with E-state index in [1.807, 2.05) is 17.0 Å². The number of anilines is 3. The van der Waals surface area contributed by atoms with Crippen LogP contribution in [0.1, 0.15) is 52.9 Å². The van der Waals surface area contributed by atoms with Crippen molar-refractivity contribution in [2.45, 2.75) is 71.2 Å². The molecule has 3 aromatic heterocycles. The molecule has 0 amide bonds. The van der Waals surface area contributed by atoms with Crippen molar-refractivity contribution in [3.05, 3.63) is 80.4 Å². The highest BCUT2D eigenvalue weighted by Crippen LogP contribution is 2.20. The minimum atomic E-state index is -0.524. The number of nitrogens with one attached hydrogen (secondary N) is 1. The number of aliphatic hydroxyl groups is 3. The van der Waals surface area contributed by atoms with Crippen LogP contribution in [0.5, 0.6) is 0 Å². The molecule has 51 heavy (non-hydrogen) atoms. The van der Waals surface area contributed by atoms with Gasteiger partial charge in [0.15, 0.2) is 0 Å². The van der Waals surface area contributed by atoms with Gasteiger partial charge in [0.2, 0.25) is 0 Å². The predicted octanol–water partition coefficient (Wildman–Crippen LogP) is 5.03. The first-order chi connectivity index (χ1) is 23.9. The fourth-order valence-corrected chi connectivity index (χ4v) is 4.84. The van der Waals surface area contributed by atoms with Gasteiger partial charge in [-0.15, -0.1) is 0 Å². The van der Waals surface area contributed by atoms with Gasteiger partial charge in [0.1, 0.15) is 29.2 Å². The molecule has 3 fully saturated rings. The number of pyridine rings is 3. The summed E-state index contributed by atoms with van der Waals surface area (Å²) in [5.74, 6) is 1.68. The zero-order valence-corrected chi connectivity index (χ0v) is 31.0. The maximum absolute atomic E-state index is 10.5. The number of nitrogen functional groups attached to an aromatic ring is 1. The molecule has 18 heteroatoms. The molecule has 3 aromatic rings. The lowest BCUT2D eigenvalue weighted by Gasteiger charge is -2.30. The van der Waals surface area contributed by atoms with Crippen molar-refractivity contribution in [2.75, 3.05) is 59.2 Å². The fraction of sp³-hybridized carbons (Fsp3) is 0.545. The van der Waals surface area contributed by atoms with E-state index < -0.39 is 9.85 Å². The van der Waals surface area contributed by atoms with Crippen LogP contribution in [0.4, 0.5) is 28.7 Å². The van der Waals surface area contributed by atoms with Gasteiger partial charge in [0.05, 0.1) is 40.0 Å². The van der Waals surface area contributed by atoms with Crippen molar-refractivity contribution >= 4 is 62.9 Å². The van der Waals surface area contributed by atoms with Crippen molar-refractivity contribution in [3.63, 3.8) is 0 Å². The number of halogens is 2. The molecule has 0 aliphatic carbocycles. The number of aliphatic hydroxyl groups excluding tert-OH is 3. The van der Waals surface area contributed by atoms with Gasteiger partial charge in [-0.1, -0.05) is 48.5 Å². The number of rotatable bonds is 4. The van der Waals surface area contributed by atoms with Crippen LogP contribution in [0.15, 0.2) is 55.0 Å². The van der Waals surface area contributed by atoms with Crippen molar-refractivity contribution in [1.29, 1.82) is 0 Å². The Hall–Kier alpha value is -3.49. The minimum Gasteiger partial charge on any atom is -0.397 e. The number of aromatic nitrogens is 3. The third-order valence-electron chi connectivity index (χ3n) is 7.52. The summed E-state index contributed by atoms with van der Waals surface area (Å²) in [6.07, 6.45) is 8.61. The van der Waals surface area contributed by atoms with Crippen LogP contribution in [-0.4, -0.2) is 102 Å². The largest absolute Gasteiger partial charge is 0.397 e. The highest BCUT2D eigenvalue weighted by Gasteiger charge is 2.19. The maximum atomic E-state index is 10.5. The maximum Gasteiger partial charge on any atom is 0.287 e. The average molecular weight is 848 g/mol. The molecule has 3 aliphatic rings. The van der Waals surface area contributed by atoms with Crippen LogP contribution < -0.4 is 20.9 Å². The second-order valence-corrected chi connectivity index (χ2v) is 13.3. The quantitative estimate of drug-likeness (QED) is 0.0763. The number of nitro groups is 2. The van der Waals surface area contributed by atoms with E-state index in [4.69, 9.17) is 22.4 Å². The zero-order chi connectivity index (χ0) is 36.9. The summed E-state index contributed by atoms with van der Waals surface area (Å²) in [5.41, 5.74) is 6.19. The number of nitrogens with zero attached hydrogens (tertiary/aromatic N) is 7. The molecule has 0 saturated carbocycles. The molecule has 3 saturated heterocycles. The highest BCUT2D eigenvalue weighted by molar-refractivity contribution is 14.1. The highest BCUT2D eigenvalue weighted by atomic mass is 127. The zero-order valence-electron chi connectivity index (χ0n) is 28.1. The third-order valence-corrected chi connectivity index (χ3v) is 7.75. The van der Waals surface area contributed by atoms with Crippen LogP contribution in [0.2, 0.25) is 5.15 Å². The van der Waals surface area contributed by atoms with Crippen LogP contribution in [0.3, 0.4) is 0 Å². The lowest BCUT2D eigenvalue weighted by Crippen LogP contribution is -2.36. The van der Waals surface area contributed by atoms with Gasteiger partial charge in [-0.2, -0.15) is 0 Å². The summed E-state index contributed by atoms with van der Waals surface area (Å²) in [5, 5.41) is 51.5. The Bertz CT molecular complexity index is 1370. The molecule has 0 aromatic carbocycles. The normalized spacial score (nSPS) is 16.2. The summed E-state index contributed by atoms with van der Waals surface area (Å²) in [7, 11) is 0. The van der Waals surface area contributed by atoms with Crippen molar-refractivity contribution in [3.8, 4) is 0 Å². The Kier molecular flexibility index (Phi) is 22.7. The van der Waals surface area contributed by atoms with Gasteiger partial charge < -0.3 is 36.2 Å². The van der Waals surface area contributed by atoms with Crippen molar-refractivity contribution in [1.82, 2.24) is 20.3 Å². The Balaban J connectivity index is 0.000000341. The van der Waals surface area contributed by atoms with E-state index in [-0.39, 0.29) is 42.3 Å². The van der Waals surface area contributed by atoms with Gasteiger partial charge >= 0.3 is 0 Å². The van der Waals surface area contributed by atoms with Gasteiger partial charge in [-0.25, -0.2) is 15.0 Å². The summed E-state index contributed by atoms with van der Waals surface area (Å²) < 4.78 is 1.22. The molecular weight excluding hydrogens is 797 g/mol. The number of piperidine rings is 3. The molecule has 284 valence electrons. The second kappa shape index (κ2) is 25.5. The van der Waals surface area contributed by atoms with Gasteiger partial charge in [0, 0.05) is 38.3 Å². The molecule has 6 rings (SSSR count). The van der Waals surface area contributed by atoms with Crippen molar-refractivity contribution in [2.24, 2.45) is 0 Å². The van der Waals surface area contributed by atoms with Gasteiger partial charge in [0.25, 0.3) is 11.4 Å². The first-order valence-corrected chi connectivity index (χ1v) is 18.2. The lowest BCUT2D eigenvalue weighted by molar-refractivity contribution is -0.385. The topological polar surface area (TPSA) is 230 Å². The Morgan fingerprint density at radius 2 is 1.16 bits per heavy atom. The molecule has 0 spiro atoms. The Morgan fingerprint density at radius 3 is 1.47 bits per heavy atom. The van der Waals surface area contributed by atoms with Crippen LogP contribution >= 0.6 is 34.2 Å². The third kappa shape index (κ3) is 18.5. The molecule has 3 aliphatic heterocycles. The van der Waals surface area contributed by atoms with E-state index in [1.165, 1.54) is 28.8 Å². The molecule has 0 radical (unpaired) electrons. The lowest BCUT2D eigenvalue weighted by atomic mass is 10.1. The minimum absolute atomic E-state index is 0. The van der Waals surface area contributed by atoms with E-state index in [0.717, 1.165) is 95.6 Å². The molecule has 0 unspecified atom stereocenters. The number of hydrogen-bond donors (Lipinski definition) is 5. The SMILES string of the molecule is C.CCI.Nc1ccc(N2CCC(O)CC2)nc1.O=[N+]([O-])c1ccc(Cl)nc1.O=[N+]([O-])c1ccc(N2CCC(O)CC2)nc1.OC1CCNCC1. The monoisotopic (exact) mass is 847 g/mol. The van der Waals surface area contributed by atoms with E-state index in [2.05, 4.69) is 54.7 Å². The summed E-state index contributed by atoms with van der Waals surface area (Å²) in [4.78, 5) is 35.5. The Labute approximate surface area is 317 Å². The van der Waals surface area contributed by atoms with Crippen LogP contribution in [-0.2, 0) is 0 Å². The fourth-order valence-electron chi connectivity index (χ4n) is 4.73. The smallest absolute Gasteiger partial charge is 0.287 e. The van der Waals surface area contributed by atoms with Gasteiger partial charge in [-0.3, -0.25) is 20.2 Å². The standard InChI is InChI=1S/C10H13N3O3.C10H15N3O.C5H3ClN2O2.C5H11NO.C2H5I.CH4/c14-9-3-5-12(6-4-9)10-2-1-8(7-11-10)13(15)16;11-8-1-2-10(12-7-8)13-5-3-9(14)4-6-13;6-5-2-1-4(3-7-5)8(9)10;7-5-1-3-6-4-2-5;1-2-3;/h1-2,7,9,14H,3-6H2;1-2,7,9,14H,3-6,11H2;1-3H;5-7H,1-4H2;2H2,1H3;1H4. The molecule has 6 N–H and O–H groups in total. The first-order valence-electron chi connectivity index (χ1n) is 16.3. The molecule has 0 atom stereocenters. The van der Waals surface area contributed by atoms with Crippen molar-refractivity contribution < 1.29 is 25.2 Å². The number of alkyl halides is 1. The molecule has 6 heterocycles. The van der Waals surface area contributed by atoms with Gasteiger partial charge in [-0.05, 0) is 80.3 Å². The Morgan fingerprint density at radius 1 is 0.765 bits per heavy atom. The number of hydrogen-bond acceptors (Lipinski definition) is 14. The molecular formula is C33H51ClIN9O7. The molecule has 16 nitrogen and oxygen atoms in total. The predicted molar refractivity (Wildman–Crippen MR) is 210 cm³/mol. The van der Waals surface area contributed by atoms with E-state index in [9.17, 15) is 30.4 Å². The van der Waals surface area contributed by atoms with Crippen LogP contribution in [0.25, 0.3) is 0 Å². The van der Waals surface area contributed by atoms with E-state index >= 15 is 0 Å². The summed E-state index contributed by atoms with van der Waals surface area (Å²) in [6.45, 7) is 7.32. The molecule has 0 bridgehead atoms. The number of nitrogens with two attached hydrogens (primary N) is 1.